The fourth-order valence-electron chi connectivity index (χ4n) is 1.95. The lowest BCUT2D eigenvalue weighted by molar-refractivity contribution is 0.0599. The number of methoxy groups -OCH3 is 1. The Morgan fingerprint density at radius 2 is 2.20 bits per heavy atom. The fourth-order valence-corrected chi connectivity index (χ4v) is 2.59. The predicted octanol–water partition coefficient (Wildman–Crippen LogP) is 2.57. The van der Waals surface area contributed by atoms with E-state index in [9.17, 15) is 4.79 Å². The van der Waals surface area contributed by atoms with Crippen molar-refractivity contribution in [2.24, 2.45) is 0 Å². The van der Waals surface area contributed by atoms with Gasteiger partial charge in [0.15, 0.2) is 0 Å². The Morgan fingerprint density at radius 1 is 1.40 bits per heavy atom. The van der Waals surface area contributed by atoms with Crippen LogP contribution in [0.2, 0.25) is 0 Å². The van der Waals surface area contributed by atoms with E-state index < -0.39 is 0 Å². The molecule has 0 aliphatic rings. The molecule has 0 aliphatic heterocycles. The molecule has 0 saturated heterocycles. The average molecular weight is 290 g/mol. The van der Waals surface area contributed by atoms with Gasteiger partial charge >= 0.3 is 5.97 Å². The Kier molecular flexibility index (Phi) is 5.26. The van der Waals surface area contributed by atoms with Crippen molar-refractivity contribution in [3.05, 3.63) is 51.5 Å². The van der Waals surface area contributed by atoms with E-state index in [2.05, 4.69) is 15.7 Å². The number of nitrogens with one attached hydrogen (secondary N) is 1. The molecule has 1 aromatic carbocycles. The van der Waals surface area contributed by atoms with Crippen LogP contribution in [-0.4, -0.2) is 24.6 Å². The number of carbonyl (C=O) groups excluding carboxylic acids is 1. The fraction of sp³-hybridized carbons (Fsp3) is 0.333. The van der Waals surface area contributed by atoms with E-state index in [1.54, 1.807) is 17.4 Å². The van der Waals surface area contributed by atoms with Gasteiger partial charge in [0, 0.05) is 24.9 Å². The van der Waals surface area contributed by atoms with Gasteiger partial charge in [-0.3, -0.25) is 0 Å². The minimum atomic E-state index is -0.294. The summed E-state index contributed by atoms with van der Waals surface area (Å²) in [6.45, 7) is 3.49. The first kappa shape index (κ1) is 14.7. The number of rotatable bonds is 6. The van der Waals surface area contributed by atoms with Crippen LogP contribution in [0.1, 0.15) is 26.6 Å². The molecule has 20 heavy (non-hydrogen) atoms. The summed E-state index contributed by atoms with van der Waals surface area (Å²) in [4.78, 5) is 16.1. The normalized spacial score (nSPS) is 10.5. The maximum absolute atomic E-state index is 11.6. The lowest BCUT2D eigenvalue weighted by Crippen LogP contribution is -2.19. The third-order valence-electron chi connectivity index (χ3n) is 2.96. The van der Waals surface area contributed by atoms with Gasteiger partial charge in [-0.15, -0.1) is 11.3 Å². The minimum Gasteiger partial charge on any atom is -0.465 e. The van der Waals surface area contributed by atoms with E-state index >= 15 is 0 Å². The zero-order valence-electron chi connectivity index (χ0n) is 11.7. The Hall–Kier alpha value is -1.72. The number of thiazole rings is 1. The highest BCUT2D eigenvalue weighted by molar-refractivity contribution is 7.09. The van der Waals surface area contributed by atoms with Crippen LogP contribution >= 0.6 is 11.3 Å². The summed E-state index contributed by atoms with van der Waals surface area (Å²) in [5.41, 5.74) is 2.68. The number of esters is 1. The van der Waals surface area contributed by atoms with Gasteiger partial charge in [-0.25, -0.2) is 9.78 Å². The Bertz CT molecular complexity index is 581. The summed E-state index contributed by atoms with van der Waals surface area (Å²) in [7, 11) is 1.40. The van der Waals surface area contributed by atoms with Crippen LogP contribution in [0.3, 0.4) is 0 Å². The van der Waals surface area contributed by atoms with E-state index in [1.165, 1.54) is 7.11 Å². The molecular weight excluding hydrogens is 272 g/mol. The molecule has 1 N–H and O–H groups in total. The third kappa shape index (κ3) is 3.88. The van der Waals surface area contributed by atoms with E-state index in [-0.39, 0.29) is 5.97 Å². The van der Waals surface area contributed by atoms with Crippen molar-refractivity contribution in [1.82, 2.24) is 10.3 Å². The average Bonchev–Trinajstić information content (AvgIpc) is 2.89. The molecule has 0 saturated carbocycles. The van der Waals surface area contributed by atoms with Gasteiger partial charge in [0.05, 0.1) is 23.4 Å². The molecular formula is C15H18N2O2S. The highest BCUT2D eigenvalue weighted by Crippen LogP contribution is 2.10. The molecule has 1 heterocycles. The maximum Gasteiger partial charge on any atom is 0.338 e. The van der Waals surface area contributed by atoms with Crippen LogP contribution < -0.4 is 5.32 Å². The zero-order valence-corrected chi connectivity index (χ0v) is 12.5. The first-order valence-electron chi connectivity index (χ1n) is 6.48. The first-order chi connectivity index (χ1) is 9.70. The molecule has 0 fully saturated rings. The number of nitrogens with zero attached hydrogens (tertiary/aromatic N) is 1. The molecule has 2 rings (SSSR count). The van der Waals surface area contributed by atoms with Crippen molar-refractivity contribution in [2.75, 3.05) is 13.7 Å². The summed E-state index contributed by atoms with van der Waals surface area (Å²) in [6.07, 6.45) is 0.894. The summed E-state index contributed by atoms with van der Waals surface area (Å²) in [5.74, 6) is -0.294. The molecule has 4 nitrogen and oxygen atoms in total. The molecule has 1 aromatic heterocycles. The van der Waals surface area contributed by atoms with E-state index in [4.69, 9.17) is 4.74 Å². The molecule has 0 radical (unpaired) electrons. The van der Waals surface area contributed by atoms with Crippen LogP contribution in [0.15, 0.2) is 29.6 Å². The topological polar surface area (TPSA) is 51.2 Å². The molecule has 0 atom stereocenters. The van der Waals surface area contributed by atoms with Crippen LogP contribution in [0.5, 0.6) is 0 Å². The summed E-state index contributed by atoms with van der Waals surface area (Å²) < 4.78 is 4.78. The zero-order chi connectivity index (χ0) is 14.4. The largest absolute Gasteiger partial charge is 0.465 e. The smallest absolute Gasteiger partial charge is 0.338 e. The first-order valence-corrected chi connectivity index (χ1v) is 7.36. The standard InChI is InChI=1S/C15H18N2O2S/c1-11-17-13(10-20-11)7-8-16-9-12-5-3-4-6-14(12)15(18)19-2/h3-6,10,16H,7-9H2,1-2H3. The van der Waals surface area contributed by atoms with Gasteiger partial charge in [-0.2, -0.15) is 0 Å². The van der Waals surface area contributed by atoms with Crippen LogP contribution in [0.4, 0.5) is 0 Å². The van der Waals surface area contributed by atoms with E-state index in [0.29, 0.717) is 12.1 Å². The molecule has 106 valence electrons. The minimum absolute atomic E-state index is 0.294. The van der Waals surface area contributed by atoms with Crippen molar-refractivity contribution in [1.29, 1.82) is 0 Å². The molecule has 0 unspecified atom stereocenters. The second-order valence-corrected chi connectivity index (χ2v) is 5.50. The van der Waals surface area contributed by atoms with Crippen molar-refractivity contribution in [3.8, 4) is 0 Å². The van der Waals surface area contributed by atoms with E-state index in [1.807, 2.05) is 25.1 Å². The van der Waals surface area contributed by atoms with E-state index in [0.717, 1.165) is 29.2 Å². The molecule has 5 heteroatoms. The van der Waals surface area contributed by atoms with Gasteiger partial charge in [0.1, 0.15) is 0 Å². The summed E-state index contributed by atoms with van der Waals surface area (Å²) in [6, 6.07) is 7.49. The van der Waals surface area contributed by atoms with Crippen molar-refractivity contribution in [2.45, 2.75) is 19.9 Å². The lowest BCUT2D eigenvalue weighted by atomic mass is 10.1. The number of ether oxygens (including phenoxy) is 1. The number of benzene rings is 1. The van der Waals surface area contributed by atoms with Crippen molar-refractivity contribution >= 4 is 17.3 Å². The van der Waals surface area contributed by atoms with Crippen molar-refractivity contribution < 1.29 is 9.53 Å². The van der Waals surface area contributed by atoms with Gasteiger partial charge in [0.2, 0.25) is 0 Å². The predicted molar refractivity (Wildman–Crippen MR) is 80.0 cm³/mol. The Morgan fingerprint density at radius 3 is 2.90 bits per heavy atom. The number of hydrogen-bond acceptors (Lipinski definition) is 5. The van der Waals surface area contributed by atoms with Crippen molar-refractivity contribution in [3.63, 3.8) is 0 Å². The number of aromatic nitrogens is 1. The quantitative estimate of drug-likeness (QED) is 0.656. The number of hydrogen-bond donors (Lipinski definition) is 1. The second-order valence-electron chi connectivity index (χ2n) is 4.43. The Labute approximate surface area is 122 Å². The van der Waals surface area contributed by atoms with Gasteiger partial charge < -0.3 is 10.1 Å². The number of aryl methyl sites for hydroxylation is 1. The lowest BCUT2D eigenvalue weighted by Gasteiger charge is -2.08. The van der Waals surface area contributed by atoms with Crippen LogP contribution in [-0.2, 0) is 17.7 Å². The molecule has 0 aliphatic carbocycles. The molecule has 0 amide bonds. The number of carbonyl (C=O) groups is 1. The van der Waals surface area contributed by atoms with Gasteiger partial charge in [0.25, 0.3) is 0 Å². The Balaban J connectivity index is 1.86. The van der Waals surface area contributed by atoms with Gasteiger partial charge in [-0.1, -0.05) is 18.2 Å². The highest BCUT2D eigenvalue weighted by Gasteiger charge is 2.10. The summed E-state index contributed by atoms with van der Waals surface area (Å²) in [5, 5.41) is 6.51. The maximum atomic E-state index is 11.6. The van der Waals surface area contributed by atoms with Crippen LogP contribution in [0.25, 0.3) is 0 Å². The molecule has 0 spiro atoms. The highest BCUT2D eigenvalue weighted by atomic mass is 32.1. The summed E-state index contributed by atoms with van der Waals surface area (Å²) >= 11 is 1.67. The van der Waals surface area contributed by atoms with Crippen LogP contribution in [0, 0.1) is 6.92 Å². The second kappa shape index (κ2) is 7.17. The third-order valence-corrected chi connectivity index (χ3v) is 3.78. The monoisotopic (exact) mass is 290 g/mol. The molecule has 2 aromatic rings. The van der Waals surface area contributed by atoms with Gasteiger partial charge in [-0.05, 0) is 18.6 Å². The molecule has 0 bridgehead atoms. The SMILES string of the molecule is COC(=O)c1ccccc1CNCCc1csc(C)n1.